The smallest absolute Gasteiger partial charge is 0.185 e. The molecule has 1 aliphatic carbocycles. The number of benzene rings is 2. The van der Waals surface area contributed by atoms with E-state index in [0.717, 1.165) is 18.4 Å². The quantitative estimate of drug-likeness (QED) is 0.380. The molecule has 5 nitrogen and oxygen atoms in total. The van der Waals surface area contributed by atoms with Gasteiger partial charge in [-0.25, -0.2) is 19.6 Å². The van der Waals surface area contributed by atoms with E-state index in [1.165, 1.54) is 18.2 Å². The largest absolute Gasteiger partial charge is 0.329 e. The fourth-order valence-corrected chi connectivity index (χ4v) is 2.98. The average molecular weight is 359 g/mol. The third-order valence-corrected chi connectivity index (χ3v) is 4.39. The summed E-state index contributed by atoms with van der Waals surface area (Å²) in [4.78, 5) is 4.65. The number of thiocarbonyl (C=S) groups is 1. The number of rotatable bonds is 3. The van der Waals surface area contributed by atoms with Crippen molar-refractivity contribution < 1.29 is 8.78 Å². The molecule has 4 N–H and O–H groups in total. The minimum absolute atomic E-state index is 0.110. The maximum atomic E-state index is 14.5. The van der Waals surface area contributed by atoms with Gasteiger partial charge in [0.2, 0.25) is 0 Å². The second-order valence-electron chi connectivity index (χ2n) is 5.96. The van der Waals surface area contributed by atoms with Gasteiger partial charge >= 0.3 is 0 Å². The van der Waals surface area contributed by atoms with Crippen molar-refractivity contribution in [3.8, 4) is 11.4 Å². The van der Waals surface area contributed by atoms with Gasteiger partial charge in [-0.15, -0.1) is 0 Å². The monoisotopic (exact) mass is 359 g/mol. The van der Waals surface area contributed by atoms with Crippen LogP contribution >= 0.6 is 12.2 Å². The van der Waals surface area contributed by atoms with E-state index in [9.17, 15) is 8.78 Å². The SMILES string of the molecule is NNC(=S)Nc1cc2nc(-c3ccc(F)cc3)n(C3CC3)c2cc1F. The van der Waals surface area contributed by atoms with Crippen molar-refractivity contribution in [1.29, 1.82) is 0 Å². The van der Waals surface area contributed by atoms with Crippen molar-refractivity contribution >= 4 is 34.1 Å². The number of nitrogens with zero attached hydrogens (tertiary/aromatic N) is 2. The number of nitrogens with one attached hydrogen (secondary N) is 2. The summed E-state index contributed by atoms with van der Waals surface area (Å²) in [7, 11) is 0. The van der Waals surface area contributed by atoms with Crippen molar-refractivity contribution in [2.24, 2.45) is 5.84 Å². The molecule has 0 spiro atoms. The molecule has 1 fully saturated rings. The van der Waals surface area contributed by atoms with E-state index in [1.54, 1.807) is 18.2 Å². The highest BCUT2D eigenvalue weighted by Crippen LogP contribution is 2.42. The highest BCUT2D eigenvalue weighted by atomic mass is 32.1. The van der Waals surface area contributed by atoms with Gasteiger partial charge in [0, 0.05) is 17.7 Å². The van der Waals surface area contributed by atoms with Crippen molar-refractivity contribution in [3.63, 3.8) is 0 Å². The summed E-state index contributed by atoms with van der Waals surface area (Å²) in [5.41, 5.74) is 4.58. The fraction of sp³-hybridized carbons (Fsp3) is 0.176. The number of nitrogens with two attached hydrogens (primary N) is 1. The van der Waals surface area contributed by atoms with Crippen LogP contribution < -0.4 is 16.6 Å². The van der Waals surface area contributed by atoms with Crippen molar-refractivity contribution in [3.05, 3.63) is 48.0 Å². The molecule has 2 aromatic carbocycles. The third-order valence-electron chi connectivity index (χ3n) is 4.17. The molecule has 1 aliphatic rings. The molecule has 1 aromatic heterocycles. The molecule has 3 aromatic rings. The van der Waals surface area contributed by atoms with E-state index in [0.29, 0.717) is 16.9 Å². The molecule has 0 unspecified atom stereocenters. The first-order chi connectivity index (χ1) is 12.1. The molecule has 25 heavy (non-hydrogen) atoms. The van der Waals surface area contributed by atoms with Gasteiger partial charge in [-0.1, -0.05) is 0 Å². The van der Waals surface area contributed by atoms with Gasteiger partial charge in [0.05, 0.1) is 16.7 Å². The lowest BCUT2D eigenvalue weighted by molar-refractivity contribution is 0.628. The Bertz CT molecular complexity index is 963. The predicted molar refractivity (Wildman–Crippen MR) is 96.9 cm³/mol. The summed E-state index contributed by atoms with van der Waals surface area (Å²) in [5.74, 6) is 5.17. The number of fused-ring (bicyclic) bond motifs is 1. The van der Waals surface area contributed by atoms with Crippen molar-refractivity contribution in [2.75, 3.05) is 5.32 Å². The Labute approximate surface area is 147 Å². The van der Waals surface area contributed by atoms with Crippen LogP contribution in [0.1, 0.15) is 18.9 Å². The predicted octanol–water partition coefficient (Wildman–Crippen LogP) is 3.48. The Morgan fingerprint density at radius 1 is 1.20 bits per heavy atom. The Hall–Kier alpha value is -2.58. The summed E-state index contributed by atoms with van der Waals surface area (Å²) in [6, 6.07) is 9.47. The van der Waals surface area contributed by atoms with E-state index in [2.05, 4.69) is 15.7 Å². The van der Waals surface area contributed by atoms with E-state index < -0.39 is 5.82 Å². The molecule has 0 amide bonds. The Balaban J connectivity index is 1.87. The first-order valence-corrected chi connectivity index (χ1v) is 8.22. The van der Waals surface area contributed by atoms with E-state index in [4.69, 9.17) is 18.1 Å². The second kappa shape index (κ2) is 6.05. The fourth-order valence-electron chi connectivity index (χ4n) is 2.88. The standard InChI is InChI=1S/C17H15F2N5S/c18-10-3-1-9(2-4-10)16-21-14-8-13(22-17(25)23-20)12(19)7-15(14)24(16)11-5-6-11/h1-4,7-8,11H,5-6,20H2,(H2,22,23,25). The summed E-state index contributed by atoms with van der Waals surface area (Å²) in [5, 5.41) is 2.80. The summed E-state index contributed by atoms with van der Waals surface area (Å²) in [6.45, 7) is 0. The number of halogens is 2. The molecule has 8 heteroatoms. The zero-order valence-electron chi connectivity index (χ0n) is 13.1. The number of anilines is 1. The van der Waals surface area contributed by atoms with Crippen LogP contribution in [-0.2, 0) is 0 Å². The first kappa shape index (κ1) is 15.9. The molecule has 0 bridgehead atoms. The Morgan fingerprint density at radius 2 is 1.92 bits per heavy atom. The van der Waals surface area contributed by atoms with Gasteiger partial charge in [0.15, 0.2) is 5.11 Å². The molecule has 0 aliphatic heterocycles. The van der Waals surface area contributed by atoms with Crippen molar-refractivity contribution in [2.45, 2.75) is 18.9 Å². The zero-order chi connectivity index (χ0) is 17.6. The molecule has 4 rings (SSSR count). The van der Waals surface area contributed by atoms with Gasteiger partial charge in [0.1, 0.15) is 17.5 Å². The highest BCUT2D eigenvalue weighted by molar-refractivity contribution is 7.80. The molecule has 0 radical (unpaired) electrons. The molecular formula is C17H15F2N5S. The zero-order valence-corrected chi connectivity index (χ0v) is 13.9. The Morgan fingerprint density at radius 3 is 2.56 bits per heavy atom. The van der Waals surface area contributed by atoms with Gasteiger partial charge in [-0.05, 0) is 55.4 Å². The lowest BCUT2D eigenvalue weighted by Gasteiger charge is -2.10. The van der Waals surface area contributed by atoms with Crippen LogP contribution in [0.5, 0.6) is 0 Å². The number of hydrogen-bond acceptors (Lipinski definition) is 3. The van der Waals surface area contributed by atoms with Gasteiger partial charge in [0.25, 0.3) is 0 Å². The van der Waals surface area contributed by atoms with Crippen LogP contribution in [-0.4, -0.2) is 14.7 Å². The summed E-state index contributed by atoms with van der Waals surface area (Å²) >= 11 is 4.92. The molecule has 128 valence electrons. The minimum Gasteiger partial charge on any atom is -0.329 e. The van der Waals surface area contributed by atoms with E-state index >= 15 is 0 Å². The van der Waals surface area contributed by atoms with Crippen LogP contribution in [0.2, 0.25) is 0 Å². The topological polar surface area (TPSA) is 67.9 Å². The summed E-state index contributed by atoms with van der Waals surface area (Å²) in [6.07, 6.45) is 2.03. The summed E-state index contributed by atoms with van der Waals surface area (Å²) < 4.78 is 29.7. The highest BCUT2D eigenvalue weighted by Gasteiger charge is 2.29. The normalized spacial score (nSPS) is 13.9. The maximum absolute atomic E-state index is 14.5. The van der Waals surface area contributed by atoms with Crippen LogP contribution in [0, 0.1) is 11.6 Å². The van der Waals surface area contributed by atoms with Gasteiger partial charge in [-0.2, -0.15) is 0 Å². The van der Waals surface area contributed by atoms with E-state index in [1.807, 2.05) is 4.57 Å². The molecule has 0 saturated heterocycles. The van der Waals surface area contributed by atoms with Crippen LogP contribution in [0.3, 0.4) is 0 Å². The van der Waals surface area contributed by atoms with Crippen LogP contribution in [0.4, 0.5) is 14.5 Å². The molecule has 1 saturated carbocycles. The lowest BCUT2D eigenvalue weighted by atomic mass is 10.2. The lowest BCUT2D eigenvalue weighted by Crippen LogP contribution is -2.34. The number of hydrogen-bond donors (Lipinski definition) is 3. The molecule has 1 heterocycles. The minimum atomic E-state index is -0.447. The number of aromatic nitrogens is 2. The third kappa shape index (κ3) is 2.94. The van der Waals surface area contributed by atoms with Gasteiger partial charge < -0.3 is 15.3 Å². The van der Waals surface area contributed by atoms with E-state index in [-0.39, 0.29) is 22.7 Å². The number of hydrazine groups is 1. The molecule has 0 atom stereocenters. The van der Waals surface area contributed by atoms with Crippen LogP contribution in [0.25, 0.3) is 22.4 Å². The maximum Gasteiger partial charge on any atom is 0.185 e. The average Bonchev–Trinajstić information content (AvgIpc) is 3.37. The molecular weight excluding hydrogens is 344 g/mol. The Kier molecular flexibility index (Phi) is 3.85. The number of imidazole rings is 1. The van der Waals surface area contributed by atoms with Gasteiger partial charge in [-0.3, -0.25) is 0 Å². The first-order valence-electron chi connectivity index (χ1n) is 7.82. The van der Waals surface area contributed by atoms with Crippen LogP contribution in [0.15, 0.2) is 36.4 Å². The second-order valence-corrected chi connectivity index (χ2v) is 6.37. The van der Waals surface area contributed by atoms with Crippen molar-refractivity contribution in [1.82, 2.24) is 15.0 Å².